The van der Waals surface area contributed by atoms with Gasteiger partial charge in [-0.3, -0.25) is 14.5 Å². The van der Waals surface area contributed by atoms with Crippen molar-refractivity contribution in [2.24, 2.45) is 0 Å². The first-order valence-electron chi connectivity index (χ1n) is 9.18. The van der Waals surface area contributed by atoms with Crippen LogP contribution in [0.2, 0.25) is 0 Å². The fraction of sp³-hybridized carbons (Fsp3) is 0.650. The largest absolute Gasteiger partial charge is 0.284 e. The van der Waals surface area contributed by atoms with E-state index in [1.165, 1.54) is 49.8 Å². The third kappa shape index (κ3) is 5.63. The minimum absolute atomic E-state index is 0.0340. The minimum atomic E-state index is -0.462. The van der Waals surface area contributed by atoms with Crippen LogP contribution in [0.1, 0.15) is 78.1 Å². The Morgan fingerprint density at radius 1 is 0.917 bits per heavy atom. The first-order valence-corrected chi connectivity index (χ1v) is 9.18. The van der Waals surface area contributed by atoms with Crippen LogP contribution in [0.15, 0.2) is 23.4 Å². The van der Waals surface area contributed by atoms with Gasteiger partial charge in [-0.2, -0.15) is 0 Å². The lowest BCUT2D eigenvalue weighted by molar-refractivity contribution is -0.140. The van der Waals surface area contributed by atoms with E-state index >= 15 is 0 Å². The quantitative estimate of drug-likeness (QED) is 0.231. The maximum Gasteiger partial charge on any atom is 0.260 e. The maximum absolute atomic E-state index is 12.2. The number of carbonyl (C=O) groups is 2. The number of rotatable bonds is 11. The lowest BCUT2D eigenvalue weighted by Gasteiger charge is -2.27. The summed E-state index contributed by atoms with van der Waals surface area (Å²) in [5.74, 6) is -0.809. The van der Waals surface area contributed by atoms with Gasteiger partial charge in [0.05, 0.1) is 6.57 Å². The van der Waals surface area contributed by atoms with Crippen LogP contribution in [-0.2, 0) is 9.59 Å². The maximum atomic E-state index is 12.2. The topological polar surface area (TPSA) is 41.7 Å². The van der Waals surface area contributed by atoms with Crippen molar-refractivity contribution in [1.82, 2.24) is 4.90 Å². The second-order valence-electron chi connectivity index (χ2n) is 6.51. The van der Waals surface area contributed by atoms with Crippen LogP contribution in [0.3, 0.4) is 0 Å². The van der Waals surface area contributed by atoms with E-state index in [4.69, 9.17) is 6.57 Å². The van der Waals surface area contributed by atoms with Gasteiger partial charge in [-0.25, -0.2) is 4.85 Å². The molecule has 0 aliphatic carbocycles. The summed E-state index contributed by atoms with van der Waals surface area (Å²) in [6, 6.07) is 0. The lowest BCUT2D eigenvalue weighted by atomic mass is 10.00. The first-order chi connectivity index (χ1) is 11.5. The predicted octanol–water partition coefficient (Wildman–Crippen LogP) is 5.03. The van der Waals surface area contributed by atoms with Crippen molar-refractivity contribution in [2.75, 3.05) is 6.54 Å². The van der Waals surface area contributed by atoms with Crippen molar-refractivity contribution in [3.63, 3.8) is 0 Å². The fourth-order valence-electron chi connectivity index (χ4n) is 2.94. The van der Waals surface area contributed by atoms with E-state index in [1.54, 1.807) is 6.92 Å². The van der Waals surface area contributed by atoms with E-state index in [-0.39, 0.29) is 17.2 Å². The molecule has 0 fully saturated rings. The monoisotopic (exact) mass is 330 g/mol. The molecule has 1 aliphatic heterocycles. The molecule has 0 aromatic heterocycles. The van der Waals surface area contributed by atoms with Gasteiger partial charge in [0, 0.05) is 12.1 Å². The SMILES string of the molecule is [C-]#[N+]C1=C(C)C(=C)C(=O)N(CCCCCCCCCCCC)C1=O. The number of nitrogens with zero attached hydrogens (tertiary/aromatic N) is 2. The zero-order chi connectivity index (χ0) is 17.9. The van der Waals surface area contributed by atoms with Crippen LogP contribution in [0, 0.1) is 6.57 Å². The average Bonchev–Trinajstić information content (AvgIpc) is 2.58. The predicted molar refractivity (Wildman–Crippen MR) is 97.0 cm³/mol. The second kappa shape index (κ2) is 10.8. The molecule has 0 spiro atoms. The summed E-state index contributed by atoms with van der Waals surface area (Å²) < 4.78 is 0. The van der Waals surface area contributed by atoms with Crippen molar-refractivity contribution in [3.8, 4) is 0 Å². The fourth-order valence-corrected chi connectivity index (χ4v) is 2.94. The molecule has 132 valence electrons. The van der Waals surface area contributed by atoms with Gasteiger partial charge < -0.3 is 0 Å². The van der Waals surface area contributed by atoms with Gasteiger partial charge in [0.15, 0.2) is 0 Å². The van der Waals surface area contributed by atoms with Crippen LogP contribution in [0.4, 0.5) is 0 Å². The van der Waals surface area contributed by atoms with E-state index in [0.29, 0.717) is 12.1 Å². The van der Waals surface area contributed by atoms with Crippen LogP contribution < -0.4 is 0 Å². The van der Waals surface area contributed by atoms with Crippen molar-refractivity contribution < 1.29 is 9.59 Å². The highest BCUT2D eigenvalue weighted by atomic mass is 16.2. The highest BCUT2D eigenvalue weighted by Gasteiger charge is 2.34. The van der Waals surface area contributed by atoms with Gasteiger partial charge >= 0.3 is 0 Å². The van der Waals surface area contributed by atoms with E-state index < -0.39 is 5.91 Å². The Morgan fingerprint density at radius 3 is 1.92 bits per heavy atom. The number of carbonyl (C=O) groups excluding carboxylic acids is 2. The van der Waals surface area contributed by atoms with Crippen LogP contribution in [0.25, 0.3) is 4.85 Å². The smallest absolute Gasteiger partial charge is 0.260 e. The van der Waals surface area contributed by atoms with Crippen LogP contribution >= 0.6 is 0 Å². The molecule has 4 nitrogen and oxygen atoms in total. The van der Waals surface area contributed by atoms with Gasteiger partial charge in [0.1, 0.15) is 0 Å². The molecule has 0 atom stereocenters. The second-order valence-corrected chi connectivity index (χ2v) is 6.51. The molecule has 1 heterocycles. The highest BCUT2D eigenvalue weighted by Crippen LogP contribution is 2.25. The molecule has 2 amide bonds. The molecule has 24 heavy (non-hydrogen) atoms. The van der Waals surface area contributed by atoms with E-state index in [9.17, 15) is 9.59 Å². The Hall–Kier alpha value is -1.89. The Labute approximate surface area is 146 Å². The first kappa shape index (κ1) is 20.2. The number of unbranched alkanes of at least 4 members (excludes halogenated alkanes) is 9. The Morgan fingerprint density at radius 2 is 1.42 bits per heavy atom. The Kier molecular flexibility index (Phi) is 9.07. The number of hydrogen-bond acceptors (Lipinski definition) is 2. The molecule has 0 N–H and O–H groups in total. The van der Waals surface area contributed by atoms with E-state index in [1.807, 2.05) is 0 Å². The van der Waals surface area contributed by atoms with E-state index in [0.717, 1.165) is 19.3 Å². The highest BCUT2D eigenvalue weighted by molar-refractivity contribution is 6.16. The standard InChI is InChI=1S/C20H30N2O2/c1-5-6-7-8-9-10-11-12-13-14-15-22-19(23)17(3)16(2)18(21-4)20(22)24/h3,5-15H2,1-2H3. The summed E-state index contributed by atoms with van der Waals surface area (Å²) in [6.45, 7) is 15.1. The Bertz CT molecular complexity index is 540. The summed E-state index contributed by atoms with van der Waals surface area (Å²) in [5, 5.41) is 0. The van der Waals surface area contributed by atoms with Crippen molar-refractivity contribution in [2.45, 2.75) is 78.1 Å². The summed E-state index contributed by atoms with van der Waals surface area (Å²) in [4.78, 5) is 28.8. The van der Waals surface area contributed by atoms with Gasteiger partial charge in [-0.15, -0.1) is 0 Å². The molecule has 0 saturated heterocycles. The van der Waals surface area contributed by atoms with E-state index in [2.05, 4.69) is 18.3 Å². The molecule has 0 saturated carbocycles. The molecule has 0 radical (unpaired) electrons. The van der Waals surface area contributed by atoms with Crippen LogP contribution in [0.5, 0.6) is 0 Å². The number of hydrogen-bond donors (Lipinski definition) is 0. The zero-order valence-corrected chi connectivity index (χ0v) is 15.2. The van der Waals surface area contributed by atoms with Crippen LogP contribution in [-0.4, -0.2) is 23.3 Å². The van der Waals surface area contributed by atoms with Crippen molar-refractivity contribution >= 4 is 11.8 Å². The van der Waals surface area contributed by atoms with Gasteiger partial charge in [0.25, 0.3) is 17.5 Å². The molecule has 0 aromatic rings. The minimum Gasteiger partial charge on any atom is -0.284 e. The summed E-state index contributed by atoms with van der Waals surface area (Å²) in [5.41, 5.74) is 0.721. The number of imide groups is 1. The van der Waals surface area contributed by atoms with Crippen molar-refractivity contribution in [3.05, 3.63) is 34.8 Å². The van der Waals surface area contributed by atoms with Gasteiger partial charge in [0.2, 0.25) is 0 Å². The molecule has 0 aromatic carbocycles. The molecular weight excluding hydrogens is 300 g/mol. The Balaban J connectivity index is 2.26. The van der Waals surface area contributed by atoms with Gasteiger partial charge in [-0.05, 0) is 18.9 Å². The lowest BCUT2D eigenvalue weighted by Crippen LogP contribution is -2.42. The molecule has 1 rings (SSSR count). The van der Waals surface area contributed by atoms with Crippen molar-refractivity contribution in [1.29, 1.82) is 0 Å². The summed E-state index contributed by atoms with van der Waals surface area (Å²) >= 11 is 0. The summed E-state index contributed by atoms with van der Waals surface area (Å²) in [6.07, 6.45) is 12.0. The third-order valence-electron chi connectivity index (χ3n) is 4.61. The zero-order valence-electron chi connectivity index (χ0n) is 15.2. The molecular formula is C20H30N2O2. The molecule has 1 aliphatic rings. The van der Waals surface area contributed by atoms with Gasteiger partial charge in [-0.1, -0.05) is 71.3 Å². The average molecular weight is 330 g/mol. The normalized spacial score (nSPS) is 15.2. The number of amides is 2. The molecule has 0 unspecified atom stereocenters. The molecule has 0 bridgehead atoms. The summed E-state index contributed by atoms with van der Waals surface area (Å²) in [7, 11) is 0. The molecule has 4 heteroatoms. The third-order valence-corrected chi connectivity index (χ3v) is 4.61.